The number of nitrogens with zero attached hydrogens (tertiary/aromatic N) is 1. The Morgan fingerprint density at radius 3 is 2.64 bits per heavy atom. The lowest BCUT2D eigenvalue weighted by molar-refractivity contribution is -0.763. The minimum atomic E-state index is -0.908. The summed E-state index contributed by atoms with van der Waals surface area (Å²) in [6, 6.07) is 10.7. The van der Waals surface area contributed by atoms with E-state index in [0.717, 1.165) is 5.56 Å². The van der Waals surface area contributed by atoms with Gasteiger partial charge in [-0.2, -0.15) is 0 Å². The molecule has 25 heavy (non-hydrogen) atoms. The van der Waals surface area contributed by atoms with Gasteiger partial charge in [0, 0.05) is 11.6 Å². The maximum Gasteiger partial charge on any atom is 0.294 e. The van der Waals surface area contributed by atoms with E-state index < -0.39 is 5.09 Å². The highest BCUT2D eigenvalue weighted by Gasteiger charge is 2.15. The van der Waals surface area contributed by atoms with Crippen molar-refractivity contribution in [3.63, 3.8) is 0 Å². The Bertz CT molecular complexity index is 777. The molecule has 2 aromatic rings. The van der Waals surface area contributed by atoms with Gasteiger partial charge in [-0.15, -0.1) is 10.1 Å². The summed E-state index contributed by atoms with van der Waals surface area (Å²) in [4.78, 5) is 27.1. The van der Waals surface area contributed by atoms with Crippen LogP contribution in [0.3, 0.4) is 0 Å². The first-order valence-corrected chi connectivity index (χ1v) is 7.53. The zero-order valence-electron chi connectivity index (χ0n) is 13.5. The van der Waals surface area contributed by atoms with E-state index in [1.54, 1.807) is 37.3 Å². The summed E-state index contributed by atoms with van der Waals surface area (Å²) in [5.74, 6) is -0.809. The van der Waals surface area contributed by atoms with Crippen LogP contribution in [-0.4, -0.2) is 27.2 Å². The second-order valence-electron chi connectivity index (χ2n) is 5.56. The zero-order chi connectivity index (χ0) is 18.4. The van der Waals surface area contributed by atoms with Crippen molar-refractivity contribution in [2.45, 2.75) is 26.0 Å². The van der Waals surface area contributed by atoms with Gasteiger partial charge in [0.15, 0.2) is 11.5 Å². The average Bonchev–Trinajstić information content (AvgIpc) is 2.56. The largest absolute Gasteiger partial charge is 0.504 e. The van der Waals surface area contributed by atoms with Crippen molar-refractivity contribution in [1.82, 2.24) is 5.32 Å². The fraction of sp³-hybridized carbons (Fsp3) is 0.235. The predicted octanol–water partition coefficient (Wildman–Crippen LogP) is 2.17. The van der Waals surface area contributed by atoms with Crippen LogP contribution in [0, 0.1) is 10.1 Å². The highest BCUT2D eigenvalue weighted by molar-refractivity contribution is 5.95. The number of amides is 1. The van der Waals surface area contributed by atoms with Gasteiger partial charge in [0.05, 0.1) is 0 Å². The molecule has 0 heterocycles. The van der Waals surface area contributed by atoms with E-state index in [4.69, 9.17) is 0 Å². The second kappa shape index (κ2) is 8.00. The van der Waals surface area contributed by atoms with E-state index >= 15 is 0 Å². The number of rotatable bonds is 7. The van der Waals surface area contributed by atoms with Crippen LogP contribution in [0.5, 0.6) is 11.5 Å². The van der Waals surface area contributed by atoms with Gasteiger partial charge in [0.1, 0.15) is 6.61 Å². The summed E-state index contributed by atoms with van der Waals surface area (Å²) < 4.78 is 0. The van der Waals surface area contributed by atoms with Gasteiger partial charge in [0.2, 0.25) is 0 Å². The molecule has 0 aliphatic carbocycles. The maximum absolute atomic E-state index is 12.4. The highest BCUT2D eigenvalue weighted by atomic mass is 16.9. The molecule has 1 atom stereocenters. The molecule has 132 valence electrons. The van der Waals surface area contributed by atoms with Gasteiger partial charge in [0.25, 0.3) is 11.0 Å². The highest BCUT2D eigenvalue weighted by Crippen LogP contribution is 2.25. The molecule has 8 nitrogen and oxygen atoms in total. The normalized spacial score (nSPS) is 11.6. The van der Waals surface area contributed by atoms with E-state index in [-0.39, 0.29) is 30.1 Å². The number of carbonyl (C=O) groups is 1. The average molecular weight is 346 g/mol. The van der Waals surface area contributed by atoms with Crippen molar-refractivity contribution in [3.8, 4) is 11.5 Å². The summed E-state index contributed by atoms with van der Waals surface area (Å²) in [7, 11) is 0. The first-order chi connectivity index (χ1) is 11.9. The van der Waals surface area contributed by atoms with Crippen molar-refractivity contribution in [2.24, 2.45) is 0 Å². The fourth-order valence-electron chi connectivity index (χ4n) is 2.39. The fourth-order valence-corrected chi connectivity index (χ4v) is 2.39. The molecule has 0 aliphatic rings. The molecular weight excluding hydrogens is 328 g/mol. The SMILES string of the molecule is CC(Cc1ccc(O)c(O)c1)NC(=O)c1ccccc1CO[N+](=O)[O-]. The maximum atomic E-state index is 12.4. The van der Waals surface area contributed by atoms with E-state index in [0.29, 0.717) is 17.5 Å². The van der Waals surface area contributed by atoms with Crippen LogP contribution < -0.4 is 5.32 Å². The number of aromatic hydroxyl groups is 2. The Morgan fingerprint density at radius 1 is 1.24 bits per heavy atom. The zero-order valence-corrected chi connectivity index (χ0v) is 13.5. The summed E-state index contributed by atoms with van der Waals surface area (Å²) in [5.41, 5.74) is 1.45. The number of phenolic OH excluding ortho intramolecular Hbond substituents is 2. The van der Waals surface area contributed by atoms with E-state index in [9.17, 15) is 25.1 Å². The Balaban J connectivity index is 2.03. The third-order valence-corrected chi connectivity index (χ3v) is 3.55. The molecule has 3 N–H and O–H groups in total. The van der Waals surface area contributed by atoms with Gasteiger partial charge in [-0.3, -0.25) is 4.79 Å². The molecule has 1 amide bonds. The lowest BCUT2D eigenvalue weighted by atomic mass is 10.0. The van der Waals surface area contributed by atoms with Crippen molar-refractivity contribution in [2.75, 3.05) is 0 Å². The number of benzene rings is 2. The van der Waals surface area contributed by atoms with E-state index in [2.05, 4.69) is 10.2 Å². The standard InChI is InChI=1S/C17H18N2O6/c1-11(8-12-6-7-15(20)16(21)9-12)18-17(22)14-5-3-2-4-13(14)10-25-19(23)24/h2-7,9,11,20-21H,8,10H2,1H3,(H,18,22). The Hall–Kier alpha value is -3.29. The van der Waals surface area contributed by atoms with Gasteiger partial charge < -0.3 is 20.4 Å². The molecule has 2 aromatic carbocycles. The minimum absolute atomic E-state index is 0.208. The summed E-state index contributed by atoms with van der Waals surface area (Å²) in [5, 5.41) is 31.0. The first-order valence-electron chi connectivity index (χ1n) is 7.53. The lowest BCUT2D eigenvalue weighted by Crippen LogP contribution is -2.34. The van der Waals surface area contributed by atoms with Crippen molar-refractivity contribution < 1.29 is 24.9 Å². The minimum Gasteiger partial charge on any atom is -0.504 e. The monoisotopic (exact) mass is 346 g/mol. The summed E-state index contributed by atoms with van der Waals surface area (Å²) >= 11 is 0. The molecule has 0 saturated carbocycles. The van der Waals surface area contributed by atoms with E-state index in [1.807, 2.05) is 0 Å². The quantitative estimate of drug-likeness (QED) is 0.401. The third kappa shape index (κ3) is 5.10. The van der Waals surface area contributed by atoms with Crippen molar-refractivity contribution in [1.29, 1.82) is 0 Å². The van der Waals surface area contributed by atoms with Crippen LogP contribution >= 0.6 is 0 Å². The number of nitrogens with one attached hydrogen (secondary N) is 1. The van der Waals surface area contributed by atoms with Crippen LogP contribution in [0.2, 0.25) is 0 Å². The third-order valence-electron chi connectivity index (χ3n) is 3.55. The van der Waals surface area contributed by atoms with Crippen LogP contribution in [-0.2, 0) is 17.9 Å². The molecule has 2 rings (SSSR count). The topological polar surface area (TPSA) is 122 Å². The molecule has 0 bridgehead atoms. The molecular formula is C17H18N2O6. The number of hydrogen-bond donors (Lipinski definition) is 3. The van der Waals surface area contributed by atoms with Gasteiger partial charge >= 0.3 is 0 Å². The Kier molecular flexibility index (Phi) is 5.78. The number of hydrogen-bond acceptors (Lipinski definition) is 6. The molecule has 0 fully saturated rings. The summed E-state index contributed by atoms with van der Waals surface area (Å²) in [6.45, 7) is 1.48. The van der Waals surface area contributed by atoms with Gasteiger partial charge in [-0.25, -0.2) is 0 Å². The first kappa shape index (κ1) is 18.1. The van der Waals surface area contributed by atoms with Crippen LogP contribution in [0.4, 0.5) is 0 Å². The predicted molar refractivity (Wildman–Crippen MR) is 88.6 cm³/mol. The lowest BCUT2D eigenvalue weighted by Gasteiger charge is -2.16. The second-order valence-corrected chi connectivity index (χ2v) is 5.56. The smallest absolute Gasteiger partial charge is 0.294 e. The van der Waals surface area contributed by atoms with Crippen LogP contribution in [0.25, 0.3) is 0 Å². The molecule has 0 aromatic heterocycles. The molecule has 1 unspecified atom stereocenters. The van der Waals surface area contributed by atoms with Crippen LogP contribution in [0.1, 0.15) is 28.4 Å². The summed E-state index contributed by atoms with van der Waals surface area (Å²) in [6.07, 6.45) is 0.438. The molecule has 0 saturated heterocycles. The van der Waals surface area contributed by atoms with Gasteiger partial charge in [-0.05, 0) is 42.7 Å². The Morgan fingerprint density at radius 2 is 1.96 bits per heavy atom. The Labute approximate surface area is 143 Å². The van der Waals surface area contributed by atoms with Crippen LogP contribution in [0.15, 0.2) is 42.5 Å². The van der Waals surface area contributed by atoms with E-state index in [1.165, 1.54) is 12.1 Å². The molecule has 8 heteroatoms. The van der Waals surface area contributed by atoms with Gasteiger partial charge in [-0.1, -0.05) is 24.3 Å². The molecule has 0 radical (unpaired) electrons. The molecule has 0 spiro atoms. The molecule has 0 aliphatic heterocycles. The number of carbonyl (C=O) groups excluding carboxylic acids is 1. The van der Waals surface area contributed by atoms with Crippen molar-refractivity contribution >= 4 is 5.91 Å². The van der Waals surface area contributed by atoms with Crippen molar-refractivity contribution in [3.05, 3.63) is 69.3 Å². The number of phenols is 2.